The molecule has 1 aromatic heterocycles. The number of hydrogen-bond donors (Lipinski definition) is 2. The first-order valence-electron chi connectivity index (χ1n) is 9.91. The molecule has 28 heavy (non-hydrogen) atoms. The molecule has 2 heterocycles. The van der Waals surface area contributed by atoms with Gasteiger partial charge in [-0.05, 0) is 25.1 Å². The summed E-state index contributed by atoms with van der Waals surface area (Å²) in [7, 11) is 2.18. The van der Waals surface area contributed by atoms with E-state index in [1.165, 1.54) is 5.56 Å². The molecule has 0 radical (unpaired) electrons. The predicted octanol–water partition coefficient (Wildman–Crippen LogP) is 2.67. The summed E-state index contributed by atoms with van der Waals surface area (Å²) in [6, 6.07) is 18.8. The Balaban J connectivity index is 1.32. The van der Waals surface area contributed by atoms with E-state index in [-0.39, 0.29) is 5.91 Å². The molecule has 1 saturated heterocycles. The van der Waals surface area contributed by atoms with Crippen molar-refractivity contribution in [2.45, 2.75) is 12.5 Å². The van der Waals surface area contributed by atoms with Crippen LogP contribution in [-0.4, -0.2) is 65.7 Å². The number of benzene rings is 2. The van der Waals surface area contributed by atoms with Crippen molar-refractivity contribution < 1.29 is 4.79 Å². The fourth-order valence-corrected chi connectivity index (χ4v) is 3.92. The van der Waals surface area contributed by atoms with Crippen LogP contribution in [0.4, 0.5) is 0 Å². The molecule has 3 aromatic rings. The summed E-state index contributed by atoms with van der Waals surface area (Å²) in [5, 5.41) is 11.0. The van der Waals surface area contributed by atoms with Crippen molar-refractivity contribution in [3.63, 3.8) is 0 Å². The highest BCUT2D eigenvalue weighted by Gasteiger charge is 2.26. The Kier molecular flexibility index (Phi) is 5.69. The molecule has 2 N–H and O–H groups in total. The van der Waals surface area contributed by atoms with Crippen molar-refractivity contribution >= 4 is 16.8 Å². The Bertz CT molecular complexity index is 923. The van der Waals surface area contributed by atoms with Gasteiger partial charge in [-0.25, -0.2) is 0 Å². The van der Waals surface area contributed by atoms with Gasteiger partial charge in [-0.15, -0.1) is 0 Å². The number of carbonyl (C=O) groups is 1. The first-order chi connectivity index (χ1) is 13.7. The molecule has 1 aliphatic rings. The summed E-state index contributed by atoms with van der Waals surface area (Å²) >= 11 is 0. The Morgan fingerprint density at radius 2 is 1.93 bits per heavy atom. The number of fused-ring (bicyclic) bond motifs is 1. The maximum absolute atomic E-state index is 12.5. The number of nitrogens with one attached hydrogen (secondary N) is 2. The molecule has 1 unspecified atom stereocenters. The van der Waals surface area contributed by atoms with E-state index in [9.17, 15) is 4.79 Å². The van der Waals surface area contributed by atoms with E-state index < -0.39 is 0 Å². The van der Waals surface area contributed by atoms with Gasteiger partial charge in [-0.3, -0.25) is 14.8 Å². The van der Waals surface area contributed by atoms with Gasteiger partial charge < -0.3 is 10.2 Å². The monoisotopic (exact) mass is 377 g/mol. The summed E-state index contributed by atoms with van der Waals surface area (Å²) in [4.78, 5) is 17.4. The highest BCUT2D eigenvalue weighted by molar-refractivity contribution is 6.04. The van der Waals surface area contributed by atoms with Gasteiger partial charge in [0.1, 0.15) is 0 Å². The van der Waals surface area contributed by atoms with Crippen molar-refractivity contribution in [3.8, 4) is 0 Å². The SMILES string of the molecule is CN1CCN(CCCNC(=O)c2n[nH]c3ccccc23)C(c2ccccc2)C1. The number of piperazine rings is 1. The molecular weight excluding hydrogens is 350 g/mol. The summed E-state index contributed by atoms with van der Waals surface area (Å²) < 4.78 is 0. The third kappa shape index (κ3) is 4.08. The van der Waals surface area contributed by atoms with E-state index in [1.54, 1.807) is 0 Å². The number of aromatic amines is 1. The van der Waals surface area contributed by atoms with Gasteiger partial charge in [0.25, 0.3) is 5.91 Å². The lowest BCUT2D eigenvalue weighted by Crippen LogP contribution is -2.47. The smallest absolute Gasteiger partial charge is 0.272 e. The van der Waals surface area contributed by atoms with Gasteiger partial charge in [-0.1, -0.05) is 48.5 Å². The Hall–Kier alpha value is -2.70. The molecule has 1 aliphatic heterocycles. The van der Waals surface area contributed by atoms with Crippen LogP contribution in [-0.2, 0) is 0 Å². The van der Waals surface area contributed by atoms with Gasteiger partial charge in [0.15, 0.2) is 5.69 Å². The average molecular weight is 377 g/mol. The molecule has 1 fully saturated rings. The number of H-pyrrole nitrogens is 1. The third-order valence-corrected chi connectivity index (χ3v) is 5.47. The van der Waals surface area contributed by atoms with E-state index in [4.69, 9.17) is 0 Å². The fourth-order valence-electron chi connectivity index (χ4n) is 3.92. The summed E-state index contributed by atoms with van der Waals surface area (Å²) in [5.74, 6) is -0.115. The van der Waals surface area contributed by atoms with Gasteiger partial charge in [0.05, 0.1) is 5.52 Å². The molecule has 1 atom stereocenters. The number of nitrogens with zero attached hydrogens (tertiary/aromatic N) is 3. The maximum atomic E-state index is 12.5. The standard InChI is InChI=1S/C22H27N5O/c1-26-14-15-27(20(16-26)17-8-3-2-4-9-17)13-7-12-23-22(28)21-18-10-5-6-11-19(18)24-25-21/h2-6,8-11,20H,7,12-16H2,1H3,(H,23,28)(H,24,25). The summed E-state index contributed by atoms with van der Waals surface area (Å²) in [6.45, 7) is 4.78. The van der Waals surface area contributed by atoms with Crippen LogP contribution >= 0.6 is 0 Å². The zero-order valence-electron chi connectivity index (χ0n) is 16.3. The highest BCUT2D eigenvalue weighted by Crippen LogP contribution is 2.24. The topological polar surface area (TPSA) is 64.3 Å². The lowest BCUT2D eigenvalue weighted by atomic mass is 10.0. The number of carbonyl (C=O) groups excluding carboxylic acids is 1. The van der Waals surface area contributed by atoms with Gasteiger partial charge in [0, 0.05) is 44.2 Å². The van der Waals surface area contributed by atoms with Crippen molar-refractivity contribution in [2.24, 2.45) is 0 Å². The minimum absolute atomic E-state index is 0.115. The van der Waals surface area contributed by atoms with Crippen molar-refractivity contribution in [1.82, 2.24) is 25.3 Å². The molecule has 0 aliphatic carbocycles. The predicted molar refractivity (Wildman–Crippen MR) is 111 cm³/mol. The number of rotatable bonds is 6. The van der Waals surface area contributed by atoms with Crippen LogP contribution in [0.25, 0.3) is 10.9 Å². The zero-order valence-corrected chi connectivity index (χ0v) is 16.3. The molecule has 2 aromatic carbocycles. The Morgan fingerprint density at radius 3 is 2.79 bits per heavy atom. The van der Waals surface area contributed by atoms with Crippen molar-refractivity contribution in [1.29, 1.82) is 0 Å². The van der Waals surface area contributed by atoms with E-state index in [1.807, 2.05) is 24.3 Å². The molecule has 146 valence electrons. The van der Waals surface area contributed by atoms with Crippen LogP contribution < -0.4 is 5.32 Å². The van der Waals surface area contributed by atoms with Crippen LogP contribution in [0.3, 0.4) is 0 Å². The first kappa shape index (κ1) is 18.7. The summed E-state index contributed by atoms with van der Waals surface area (Å²) in [5.41, 5.74) is 2.72. The second kappa shape index (κ2) is 8.54. The second-order valence-electron chi connectivity index (χ2n) is 7.45. The minimum Gasteiger partial charge on any atom is -0.351 e. The van der Waals surface area contributed by atoms with Gasteiger partial charge in [-0.2, -0.15) is 5.10 Å². The van der Waals surface area contributed by atoms with Crippen LogP contribution in [0.2, 0.25) is 0 Å². The zero-order chi connectivity index (χ0) is 19.3. The molecule has 4 rings (SSSR count). The Labute approximate surface area is 165 Å². The maximum Gasteiger partial charge on any atom is 0.272 e. The number of amides is 1. The van der Waals surface area contributed by atoms with E-state index in [0.29, 0.717) is 18.3 Å². The number of hydrogen-bond acceptors (Lipinski definition) is 4. The lowest BCUT2D eigenvalue weighted by Gasteiger charge is -2.40. The van der Waals surface area contributed by atoms with E-state index in [0.717, 1.165) is 43.5 Å². The molecule has 0 spiro atoms. The molecule has 0 bridgehead atoms. The van der Waals surface area contributed by atoms with E-state index in [2.05, 4.69) is 62.7 Å². The molecule has 6 nitrogen and oxygen atoms in total. The Morgan fingerprint density at radius 1 is 1.14 bits per heavy atom. The van der Waals surface area contributed by atoms with Crippen LogP contribution in [0.15, 0.2) is 54.6 Å². The molecule has 1 amide bonds. The molecule has 0 saturated carbocycles. The third-order valence-electron chi connectivity index (χ3n) is 5.47. The highest BCUT2D eigenvalue weighted by atomic mass is 16.1. The average Bonchev–Trinajstić information content (AvgIpc) is 3.17. The first-order valence-corrected chi connectivity index (χ1v) is 9.91. The largest absolute Gasteiger partial charge is 0.351 e. The van der Waals surface area contributed by atoms with Crippen LogP contribution in [0, 0.1) is 0 Å². The van der Waals surface area contributed by atoms with Crippen LogP contribution in [0.1, 0.15) is 28.5 Å². The van der Waals surface area contributed by atoms with E-state index >= 15 is 0 Å². The van der Waals surface area contributed by atoms with Gasteiger partial charge >= 0.3 is 0 Å². The second-order valence-corrected chi connectivity index (χ2v) is 7.45. The summed E-state index contributed by atoms with van der Waals surface area (Å²) in [6.07, 6.45) is 0.918. The molecule has 6 heteroatoms. The lowest BCUT2D eigenvalue weighted by molar-refractivity contribution is 0.0865. The number of para-hydroxylation sites is 1. The molecular formula is C22H27N5O. The fraction of sp³-hybridized carbons (Fsp3) is 0.364. The van der Waals surface area contributed by atoms with Crippen molar-refractivity contribution in [2.75, 3.05) is 39.8 Å². The number of aromatic nitrogens is 2. The van der Waals surface area contributed by atoms with Crippen molar-refractivity contribution in [3.05, 3.63) is 65.9 Å². The van der Waals surface area contributed by atoms with Gasteiger partial charge in [0.2, 0.25) is 0 Å². The normalized spacial score (nSPS) is 18.4. The minimum atomic E-state index is -0.115. The van der Waals surface area contributed by atoms with Crippen LogP contribution in [0.5, 0.6) is 0 Å². The quantitative estimate of drug-likeness (QED) is 0.649. The number of likely N-dealkylation sites (N-methyl/N-ethyl adjacent to an activating group) is 1.